The van der Waals surface area contributed by atoms with E-state index < -0.39 is 0 Å². The highest BCUT2D eigenvalue weighted by Gasteiger charge is 2.27. The van der Waals surface area contributed by atoms with E-state index in [-0.39, 0.29) is 17.6 Å². The largest absolute Gasteiger partial charge is 0.370 e. The average molecular weight is 424 g/mol. The van der Waals surface area contributed by atoms with Crippen molar-refractivity contribution in [3.63, 3.8) is 0 Å². The maximum atomic E-state index is 14.1. The number of aryl methyl sites for hydroxylation is 1. The van der Waals surface area contributed by atoms with E-state index in [1.807, 2.05) is 6.92 Å². The molecule has 1 N–H and O–H groups in total. The minimum absolute atomic E-state index is 0.0138. The van der Waals surface area contributed by atoms with Crippen molar-refractivity contribution in [1.29, 1.82) is 5.26 Å². The number of carbonyl (C=O) groups is 1. The molecule has 2 aliphatic rings. The lowest BCUT2D eigenvalue weighted by Crippen LogP contribution is -2.41. The molecular formula is C24H30FN5O. The summed E-state index contributed by atoms with van der Waals surface area (Å²) < 4.78 is 14.1. The molecule has 1 aromatic carbocycles. The lowest BCUT2D eigenvalue weighted by Gasteiger charge is -2.34. The summed E-state index contributed by atoms with van der Waals surface area (Å²) in [5, 5.41) is 13.4. The predicted octanol–water partition coefficient (Wildman–Crippen LogP) is 3.37. The molecule has 0 bridgehead atoms. The van der Waals surface area contributed by atoms with E-state index in [1.165, 1.54) is 38.1 Å². The van der Waals surface area contributed by atoms with E-state index in [9.17, 15) is 14.4 Å². The number of hydrogen-bond donors (Lipinski definition) is 1. The first kappa shape index (κ1) is 21.5. The fourth-order valence-corrected chi connectivity index (χ4v) is 4.88. The Balaban J connectivity index is 1.38. The smallest absolute Gasteiger partial charge is 0.223 e. The molecule has 164 valence electrons. The number of likely N-dealkylation sites (tertiary alicyclic amines) is 1. The Morgan fingerprint density at radius 3 is 2.71 bits per heavy atom. The van der Waals surface area contributed by atoms with Gasteiger partial charge in [0.2, 0.25) is 5.91 Å². The van der Waals surface area contributed by atoms with Crippen LogP contribution in [-0.2, 0) is 4.79 Å². The SMILES string of the molecule is Cc1cc(F)cc2c(N3CCC(C(=O)NCCCN4CCCC4)CC3)c(C#N)cnc12. The van der Waals surface area contributed by atoms with E-state index in [0.717, 1.165) is 43.6 Å². The highest BCUT2D eigenvalue weighted by atomic mass is 19.1. The number of halogens is 1. The van der Waals surface area contributed by atoms with Gasteiger partial charge in [-0.1, -0.05) is 0 Å². The van der Waals surface area contributed by atoms with E-state index in [0.29, 0.717) is 29.6 Å². The van der Waals surface area contributed by atoms with E-state index >= 15 is 0 Å². The monoisotopic (exact) mass is 423 g/mol. The van der Waals surface area contributed by atoms with Crippen LogP contribution in [0.3, 0.4) is 0 Å². The van der Waals surface area contributed by atoms with Crippen LogP contribution < -0.4 is 10.2 Å². The molecule has 7 heteroatoms. The third-order valence-corrected chi connectivity index (χ3v) is 6.55. The molecule has 2 saturated heterocycles. The number of fused-ring (bicyclic) bond motifs is 1. The highest BCUT2D eigenvalue weighted by Crippen LogP contribution is 2.34. The summed E-state index contributed by atoms with van der Waals surface area (Å²) in [7, 11) is 0. The normalized spacial score (nSPS) is 17.8. The number of nitrogens with zero attached hydrogens (tertiary/aromatic N) is 4. The zero-order valence-electron chi connectivity index (χ0n) is 18.2. The van der Waals surface area contributed by atoms with Crippen LogP contribution in [0.1, 0.15) is 43.2 Å². The molecular weight excluding hydrogens is 393 g/mol. The Morgan fingerprint density at radius 1 is 1.26 bits per heavy atom. The second kappa shape index (κ2) is 9.61. The van der Waals surface area contributed by atoms with Gasteiger partial charge in [-0.2, -0.15) is 5.26 Å². The van der Waals surface area contributed by atoms with Crippen molar-refractivity contribution in [2.45, 2.75) is 39.0 Å². The molecule has 0 atom stereocenters. The van der Waals surface area contributed by atoms with Crippen molar-refractivity contribution in [2.24, 2.45) is 5.92 Å². The lowest BCUT2D eigenvalue weighted by molar-refractivity contribution is -0.125. The standard InChI is InChI=1S/C24H30FN5O/c1-17-13-20(25)14-21-22(17)28-16-19(15-26)23(21)30-11-5-18(6-12-30)24(31)27-7-4-10-29-8-2-3-9-29/h13-14,16,18H,2-12H2,1H3,(H,27,31). The van der Waals surface area contributed by atoms with Gasteiger partial charge in [0.15, 0.2) is 0 Å². The van der Waals surface area contributed by atoms with Crippen molar-refractivity contribution in [3.8, 4) is 6.07 Å². The molecule has 0 spiro atoms. The molecule has 4 rings (SSSR count). The topological polar surface area (TPSA) is 72.3 Å². The zero-order chi connectivity index (χ0) is 21.8. The molecule has 0 saturated carbocycles. The van der Waals surface area contributed by atoms with Crippen molar-refractivity contribution in [1.82, 2.24) is 15.2 Å². The van der Waals surface area contributed by atoms with Crippen LogP contribution in [0.15, 0.2) is 18.3 Å². The molecule has 1 amide bonds. The van der Waals surface area contributed by atoms with Gasteiger partial charge in [0.05, 0.1) is 16.8 Å². The summed E-state index contributed by atoms with van der Waals surface area (Å²) in [4.78, 5) is 21.6. The van der Waals surface area contributed by atoms with Gasteiger partial charge in [0.25, 0.3) is 0 Å². The van der Waals surface area contributed by atoms with Crippen molar-refractivity contribution < 1.29 is 9.18 Å². The van der Waals surface area contributed by atoms with Gasteiger partial charge in [-0.25, -0.2) is 4.39 Å². The molecule has 6 nitrogen and oxygen atoms in total. The number of benzene rings is 1. The molecule has 2 aliphatic heterocycles. The van der Waals surface area contributed by atoms with Gasteiger partial charge < -0.3 is 15.1 Å². The molecule has 1 aromatic heterocycles. The number of pyridine rings is 1. The maximum Gasteiger partial charge on any atom is 0.223 e. The molecule has 0 radical (unpaired) electrons. The van der Waals surface area contributed by atoms with Gasteiger partial charge >= 0.3 is 0 Å². The third-order valence-electron chi connectivity index (χ3n) is 6.55. The van der Waals surface area contributed by atoms with Gasteiger partial charge in [-0.15, -0.1) is 0 Å². The Morgan fingerprint density at radius 2 is 2.00 bits per heavy atom. The molecule has 0 unspecified atom stereocenters. The van der Waals surface area contributed by atoms with Crippen LogP contribution in [-0.4, -0.2) is 55.1 Å². The first-order chi connectivity index (χ1) is 15.1. The Bertz CT molecular complexity index is 988. The van der Waals surface area contributed by atoms with Crippen LogP contribution in [0.5, 0.6) is 0 Å². The fourth-order valence-electron chi connectivity index (χ4n) is 4.88. The minimum atomic E-state index is -0.327. The molecule has 31 heavy (non-hydrogen) atoms. The minimum Gasteiger partial charge on any atom is -0.370 e. The number of hydrogen-bond acceptors (Lipinski definition) is 5. The third kappa shape index (κ3) is 4.80. The number of amides is 1. The predicted molar refractivity (Wildman–Crippen MR) is 119 cm³/mol. The number of piperidine rings is 1. The molecule has 2 aromatic rings. The van der Waals surface area contributed by atoms with Crippen molar-refractivity contribution in [2.75, 3.05) is 44.2 Å². The first-order valence-electron chi connectivity index (χ1n) is 11.3. The molecule has 0 aliphatic carbocycles. The fraction of sp³-hybridized carbons (Fsp3) is 0.542. The van der Waals surface area contributed by atoms with Gasteiger partial charge in [0, 0.05) is 37.1 Å². The second-order valence-electron chi connectivity index (χ2n) is 8.71. The Labute approximate surface area is 183 Å². The summed E-state index contributed by atoms with van der Waals surface area (Å²) >= 11 is 0. The van der Waals surface area contributed by atoms with Crippen molar-refractivity contribution in [3.05, 3.63) is 35.3 Å². The van der Waals surface area contributed by atoms with Crippen LogP contribution in [0, 0.1) is 30.0 Å². The van der Waals surface area contributed by atoms with Crippen LogP contribution >= 0.6 is 0 Å². The molecule has 3 heterocycles. The number of aromatic nitrogens is 1. The zero-order valence-corrected chi connectivity index (χ0v) is 18.2. The van der Waals surface area contributed by atoms with Crippen LogP contribution in [0.2, 0.25) is 0 Å². The summed E-state index contributed by atoms with van der Waals surface area (Å²) in [6, 6.07) is 5.13. The van der Waals surface area contributed by atoms with Crippen LogP contribution in [0.25, 0.3) is 10.9 Å². The first-order valence-corrected chi connectivity index (χ1v) is 11.3. The Hall–Kier alpha value is -2.72. The quantitative estimate of drug-likeness (QED) is 0.722. The van der Waals surface area contributed by atoms with Gasteiger partial charge in [0.1, 0.15) is 11.9 Å². The molecule has 2 fully saturated rings. The average Bonchev–Trinajstić information content (AvgIpc) is 3.29. The maximum absolute atomic E-state index is 14.1. The number of rotatable bonds is 6. The number of anilines is 1. The highest BCUT2D eigenvalue weighted by molar-refractivity contribution is 5.96. The summed E-state index contributed by atoms with van der Waals surface area (Å²) in [5.74, 6) is -0.213. The lowest BCUT2D eigenvalue weighted by atomic mass is 9.94. The van der Waals surface area contributed by atoms with Gasteiger partial charge in [-0.05, 0) is 76.4 Å². The second-order valence-corrected chi connectivity index (χ2v) is 8.71. The van der Waals surface area contributed by atoms with Crippen molar-refractivity contribution >= 4 is 22.5 Å². The Kier molecular flexibility index (Phi) is 6.67. The van der Waals surface area contributed by atoms with Gasteiger partial charge in [-0.3, -0.25) is 9.78 Å². The summed E-state index contributed by atoms with van der Waals surface area (Å²) in [5.41, 5.74) is 2.65. The van der Waals surface area contributed by atoms with E-state index in [4.69, 9.17) is 0 Å². The summed E-state index contributed by atoms with van der Waals surface area (Å²) in [6.07, 6.45) is 6.59. The van der Waals surface area contributed by atoms with E-state index in [1.54, 1.807) is 6.20 Å². The number of carbonyl (C=O) groups excluding carboxylic acids is 1. The number of nitrogens with one attached hydrogen (secondary N) is 1. The number of nitriles is 1. The van der Waals surface area contributed by atoms with Crippen LogP contribution in [0.4, 0.5) is 10.1 Å². The van der Waals surface area contributed by atoms with E-state index in [2.05, 4.69) is 26.2 Å². The summed E-state index contributed by atoms with van der Waals surface area (Å²) in [6.45, 7) is 7.30.